The summed E-state index contributed by atoms with van der Waals surface area (Å²) in [6, 6.07) is 10.2. The first-order valence-corrected chi connectivity index (χ1v) is 6.41. The minimum Gasteiger partial charge on any atom is -0.390 e. The highest BCUT2D eigenvalue weighted by atomic mass is 16.3. The van der Waals surface area contributed by atoms with Gasteiger partial charge in [-0.3, -0.25) is 0 Å². The molecule has 0 aliphatic carbocycles. The van der Waals surface area contributed by atoms with Gasteiger partial charge in [0.2, 0.25) is 0 Å². The molecule has 2 N–H and O–H groups in total. The Morgan fingerprint density at radius 3 is 2.41 bits per heavy atom. The lowest BCUT2D eigenvalue weighted by atomic mass is 10.2. The van der Waals surface area contributed by atoms with Gasteiger partial charge in [0.15, 0.2) is 0 Å². The molecule has 0 saturated carbocycles. The molecule has 0 heterocycles. The van der Waals surface area contributed by atoms with E-state index < -0.39 is 0 Å². The lowest BCUT2D eigenvalue weighted by Gasteiger charge is -2.22. The zero-order valence-electron chi connectivity index (χ0n) is 10.9. The molecule has 0 bridgehead atoms. The van der Waals surface area contributed by atoms with E-state index in [9.17, 15) is 5.11 Å². The van der Waals surface area contributed by atoms with Gasteiger partial charge in [-0.2, -0.15) is 0 Å². The first-order chi connectivity index (χ1) is 8.26. The van der Waals surface area contributed by atoms with Crippen molar-refractivity contribution >= 4 is 0 Å². The van der Waals surface area contributed by atoms with E-state index in [4.69, 9.17) is 0 Å². The SMILES string of the molecule is CCN(CC)C[C@H](O)CNCc1ccccc1. The molecule has 0 aliphatic rings. The number of nitrogens with zero attached hydrogens (tertiary/aromatic N) is 1. The van der Waals surface area contributed by atoms with Crippen LogP contribution in [-0.4, -0.2) is 42.3 Å². The molecule has 1 rings (SSSR count). The van der Waals surface area contributed by atoms with Crippen LogP contribution in [0.1, 0.15) is 19.4 Å². The summed E-state index contributed by atoms with van der Waals surface area (Å²) in [5, 5.41) is 13.1. The molecule has 0 fully saturated rings. The molecule has 96 valence electrons. The van der Waals surface area contributed by atoms with Gasteiger partial charge in [-0.15, -0.1) is 0 Å². The Morgan fingerprint density at radius 2 is 1.82 bits per heavy atom. The number of hydrogen-bond donors (Lipinski definition) is 2. The van der Waals surface area contributed by atoms with Gasteiger partial charge in [-0.05, 0) is 18.7 Å². The van der Waals surface area contributed by atoms with Crippen LogP contribution in [-0.2, 0) is 6.54 Å². The van der Waals surface area contributed by atoms with Gasteiger partial charge in [-0.1, -0.05) is 44.2 Å². The second-order valence-corrected chi connectivity index (χ2v) is 4.26. The monoisotopic (exact) mass is 236 g/mol. The summed E-state index contributed by atoms with van der Waals surface area (Å²) in [7, 11) is 0. The fraction of sp³-hybridized carbons (Fsp3) is 0.571. The molecule has 1 atom stereocenters. The minimum absolute atomic E-state index is 0.293. The minimum atomic E-state index is -0.293. The number of hydrogen-bond acceptors (Lipinski definition) is 3. The van der Waals surface area contributed by atoms with Gasteiger partial charge < -0.3 is 15.3 Å². The third kappa shape index (κ3) is 5.82. The Balaban J connectivity index is 2.18. The molecule has 0 amide bonds. The van der Waals surface area contributed by atoms with Crippen LogP contribution < -0.4 is 5.32 Å². The summed E-state index contributed by atoms with van der Waals surface area (Å²) in [5.74, 6) is 0. The summed E-state index contributed by atoms with van der Waals surface area (Å²) in [6.07, 6.45) is -0.293. The van der Waals surface area contributed by atoms with E-state index in [1.165, 1.54) is 5.56 Å². The Bertz CT molecular complexity index is 286. The predicted molar refractivity (Wildman–Crippen MR) is 71.9 cm³/mol. The molecule has 17 heavy (non-hydrogen) atoms. The van der Waals surface area contributed by atoms with E-state index in [0.717, 1.165) is 26.2 Å². The molecule has 0 aromatic heterocycles. The molecule has 3 heteroatoms. The Hall–Kier alpha value is -0.900. The molecule has 0 saturated heterocycles. The number of benzene rings is 1. The first kappa shape index (κ1) is 14.2. The standard InChI is InChI=1S/C14H24N2O/c1-3-16(4-2)12-14(17)11-15-10-13-8-6-5-7-9-13/h5-9,14-15,17H,3-4,10-12H2,1-2H3/t14-/m1/s1. The highest BCUT2D eigenvalue weighted by Crippen LogP contribution is 1.97. The summed E-state index contributed by atoms with van der Waals surface area (Å²) >= 11 is 0. The maximum Gasteiger partial charge on any atom is 0.0791 e. The first-order valence-electron chi connectivity index (χ1n) is 6.41. The quantitative estimate of drug-likeness (QED) is 0.717. The van der Waals surface area contributed by atoms with Crippen molar-refractivity contribution < 1.29 is 5.11 Å². The molecule has 3 nitrogen and oxygen atoms in total. The fourth-order valence-electron chi connectivity index (χ4n) is 1.82. The number of likely N-dealkylation sites (N-methyl/N-ethyl adjacent to an activating group) is 1. The smallest absolute Gasteiger partial charge is 0.0791 e. The number of nitrogens with one attached hydrogen (secondary N) is 1. The Labute approximate surface area is 104 Å². The van der Waals surface area contributed by atoms with Crippen molar-refractivity contribution in [2.75, 3.05) is 26.2 Å². The molecule has 0 radical (unpaired) electrons. The largest absolute Gasteiger partial charge is 0.390 e. The summed E-state index contributed by atoms with van der Waals surface area (Å²) < 4.78 is 0. The van der Waals surface area contributed by atoms with Gasteiger partial charge in [-0.25, -0.2) is 0 Å². The molecule has 0 unspecified atom stereocenters. The lowest BCUT2D eigenvalue weighted by Crippen LogP contribution is -2.38. The van der Waals surface area contributed by atoms with E-state index in [1.807, 2.05) is 18.2 Å². The summed E-state index contributed by atoms with van der Waals surface area (Å²) in [4.78, 5) is 2.23. The maximum atomic E-state index is 9.86. The maximum absolute atomic E-state index is 9.86. The van der Waals surface area contributed by atoms with Gasteiger partial charge >= 0.3 is 0 Å². The fourth-order valence-corrected chi connectivity index (χ4v) is 1.82. The van der Waals surface area contributed by atoms with Crippen molar-refractivity contribution in [2.45, 2.75) is 26.5 Å². The van der Waals surface area contributed by atoms with Crippen LogP contribution in [0.15, 0.2) is 30.3 Å². The van der Waals surface area contributed by atoms with Crippen molar-refractivity contribution in [1.29, 1.82) is 0 Å². The molecule has 0 aliphatic heterocycles. The third-order valence-corrected chi connectivity index (χ3v) is 2.92. The van der Waals surface area contributed by atoms with Gasteiger partial charge in [0.05, 0.1) is 6.10 Å². The summed E-state index contributed by atoms with van der Waals surface area (Å²) in [5.41, 5.74) is 1.25. The highest BCUT2D eigenvalue weighted by Gasteiger charge is 2.07. The van der Waals surface area contributed by atoms with E-state index in [-0.39, 0.29) is 6.10 Å². The molecule has 1 aromatic rings. The van der Waals surface area contributed by atoms with Crippen molar-refractivity contribution in [3.8, 4) is 0 Å². The van der Waals surface area contributed by atoms with Crippen LogP contribution in [0.2, 0.25) is 0 Å². The van der Waals surface area contributed by atoms with Crippen LogP contribution in [0.4, 0.5) is 0 Å². The van der Waals surface area contributed by atoms with E-state index in [2.05, 4.69) is 36.2 Å². The van der Waals surface area contributed by atoms with Crippen LogP contribution in [0.3, 0.4) is 0 Å². The van der Waals surface area contributed by atoms with Crippen molar-refractivity contribution in [3.63, 3.8) is 0 Å². The van der Waals surface area contributed by atoms with Gasteiger partial charge in [0, 0.05) is 19.6 Å². The summed E-state index contributed by atoms with van der Waals surface area (Å²) in [6.45, 7) is 8.43. The third-order valence-electron chi connectivity index (χ3n) is 2.92. The average molecular weight is 236 g/mol. The van der Waals surface area contributed by atoms with Crippen LogP contribution in [0.25, 0.3) is 0 Å². The molecular weight excluding hydrogens is 212 g/mol. The van der Waals surface area contributed by atoms with Crippen molar-refractivity contribution in [2.24, 2.45) is 0 Å². The topological polar surface area (TPSA) is 35.5 Å². The van der Waals surface area contributed by atoms with Crippen molar-refractivity contribution in [3.05, 3.63) is 35.9 Å². The number of aliphatic hydroxyl groups excluding tert-OH is 1. The lowest BCUT2D eigenvalue weighted by molar-refractivity contribution is 0.116. The zero-order valence-corrected chi connectivity index (χ0v) is 10.9. The van der Waals surface area contributed by atoms with E-state index in [0.29, 0.717) is 6.54 Å². The second kappa shape index (κ2) is 8.23. The average Bonchev–Trinajstić information content (AvgIpc) is 2.37. The van der Waals surface area contributed by atoms with Gasteiger partial charge in [0.25, 0.3) is 0 Å². The molecule has 1 aromatic carbocycles. The van der Waals surface area contributed by atoms with Crippen molar-refractivity contribution in [1.82, 2.24) is 10.2 Å². The number of rotatable bonds is 8. The van der Waals surface area contributed by atoms with Gasteiger partial charge in [0.1, 0.15) is 0 Å². The van der Waals surface area contributed by atoms with Crippen LogP contribution >= 0.6 is 0 Å². The van der Waals surface area contributed by atoms with E-state index in [1.54, 1.807) is 0 Å². The highest BCUT2D eigenvalue weighted by molar-refractivity contribution is 5.14. The Morgan fingerprint density at radius 1 is 1.18 bits per heavy atom. The zero-order chi connectivity index (χ0) is 12.5. The predicted octanol–water partition coefficient (Wildman–Crippen LogP) is 1.48. The normalized spacial score (nSPS) is 12.9. The Kier molecular flexibility index (Phi) is 6.86. The number of aliphatic hydroxyl groups is 1. The molecule has 0 spiro atoms. The second-order valence-electron chi connectivity index (χ2n) is 4.26. The van der Waals surface area contributed by atoms with Crippen LogP contribution in [0.5, 0.6) is 0 Å². The van der Waals surface area contributed by atoms with E-state index >= 15 is 0 Å². The molecular formula is C14H24N2O. The van der Waals surface area contributed by atoms with Crippen LogP contribution in [0, 0.1) is 0 Å².